The van der Waals surface area contributed by atoms with E-state index in [-0.39, 0.29) is 6.04 Å². The molecule has 1 aromatic rings. The number of hydrogen-bond acceptors (Lipinski definition) is 4. The number of aromatic nitrogens is 1. The van der Waals surface area contributed by atoms with Gasteiger partial charge in [-0.3, -0.25) is 0 Å². The SMILES string of the molecule is S=C1C=C2C=c3ccc([nH]3)=CC3=NC(=CC4=NC(=CC1N2)C=C4)C=C3. The van der Waals surface area contributed by atoms with Crippen molar-refractivity contribution < 1.29 is 0 Å². The molecule has 0 saturated heterocycles. The number of allylic oxidation sites excluding steroid dienone is 6. The van der Waals surface area contributed by atoms with Crippen molar-refractivity contribution in [3.05, 3.63) is 82.5 Å². The minimum atomic E-state index is -0.0125. The maximum Gasteiger partial charge on any atom is 0.0823 e. The molecule has 0 saturated carbocycles. The van der Waals surface area contributed by atoms with E-state index in [1.807, 2.05) is 54.7 Å². The van der Waals surface area contributed by atoms with Gasteiger partial charge < -0.3 is 10.3 Å². The van der Waals surface area contributed by atoms with Crippen molar-refractivity contribution in [3.63, 3.8) is 0 Å². The van der Waals surface area contributed by atoms with Crippen LogP contribution in [0.5, 0.6) is 0 Å². The van der Waals surface area contributed by atoms with E-state index in [2.05, 4.69) is 32.4 Å². The molecule has 5 heterocycles. The zero-order valence-corrected chi connectivity index (χ0v) is 14.0. The van der Waals surface area contributed by atoms with Crippen LogP contribution in [0.25, 0.3) is 12.2 Å². The molecule has 5 heteroatoms. The summed E-state index contributed by atoms with van der Waals surface area (Å²) >= 11 is 5.50. The van der Waals surface area contributed by atoms with Crippen molar-refractivity contribution in [1.82, 2.24) is 10.3 Å². The second kappa shape index (κ2) is 5.50. The molecule has 4 aliphatic rings. The summed E-state index contributed by atoms with van der Waals surface area (Å²) in [6.45, 7) is 0. The molecule has 2 N–H and O–H groups in total. The lowest BCUT2D eigenvalue weighted by Gasteiger charge is -2.07. The smallest absolute Gasteiger partial charge is 0.0823 e. The summed E-state index contributed by atoms with van der Waals surface area (Å²) in [7, 11) is 0. The van der Waals surface area contributed by atoms with Gasteiger partial charge in [0, 0.05) is 21.3 Å². The van der Waals surface area contributed by atoms with Crippen molar-refractivity contribution in [3.8, 4) is 0 Å². The van der Waals surface area contributed by atoms with Crippen LogP contribution in [-0.4, -0.2) is 27.3 Å². The minimum absolute atomic E-state index is 0.0125. The van der Waals surface area contributed by atoms with Crippen LogP contribution in [0, 0.1) is 0 Å². The third-order valence-corrected chi connectivity index (χ3v) is 4.64. The summed E-state index contributed by atoms with van der Waals surface area (Å²) in [5, 5.41) is 5.47. The molecule has 5 rings (SSSR count). The Hall–Kier alpha value is -3.05. The quantitative estimate of drug-likeness (QED) is 0.704. The number of aromatic amines is 1. The largest absolute Gasteiger partial charge is 0.374 e. The van der Waals surface area contributed by atoms with Crippen molar-refractivity contribution in [2.45, 2.75) is 6.04 Å². The molecule has 25 heavy (non-hydrogen) atoms. The molecular weight excluding hydrogens is 328 g/mol. The van der Waals surface area contributed by atoms with Crippen LogP contribution in [0.4, 0.5) is 0 Å². The summed E-state index contributed by atoms with van der Waals surface area (Å²) in [4.78, 5) is 13.5. The molecule has 0 aliphatic carbocycles. The standard InChI is InChI=1S/C20H14N4S/c25-20-11-18-9-16-4-3-14(22-16)7-12-1-2-13(21-12)8-15-5-6-17(23-15)10-19(20)24-18/h1-11,19,22,24H. The van der Waals surface area contributed by atoms with Gasteiger partial charge in [-0.1, -0.05) is 12.2 Å². The van der Waals surface area contributed by atoms with E-state index in [9.17, 15) is 0 Å². The first kappa shape index (κ1) is 14.3. The van der Waals surface area contributed by atoms with Gasteiger partial charge >= 0.3 is 0 Å². The van der Waals surface area contributed by atoms with Gasteiger partial charge in [0.05, 0.1) is 28.9 Å². The lowest BCUT2D eigenvalue weighted by atomic mass is 10.2. The fourth-order valence-electron chi connectivity index (χ4n) is 3.11. The minimum Gasteiger partial charge on any atom is -0.374 e. The normalized spacial score (nSPS) is 23.1. The molecular formula is C20H14N4S. The summed E-state index contributed by atoms with van der Waals surface area (Å²) in [5.74, 6) is 0. The molecule has 4 aliphatic heterocycles. The number of rotatable bonds is 0. The van der Waals surface area contributed by atoms with Crippen LogP contribution in [-0.2, 0) is 0 Å². The van der Waals surface area contributed by atoms with Crippen LogP contribution >= 0.6 is 12.2 Å². The van der Waals surface area contributed by atoms with E-state index >= 15 is 0 Å². The molecule has 1 atom stereocenters. The van der Waals surface area contributed by atoms with Crippen LogP contribution in [0.2, 0.25) is 0 Å². The third kappa shape index (κ3) is 2.79. The molecule has 1 aromatic heterocycles. The van der Waals surface area contributed by atoms with E-state index in [0.717, 1.165) is 44.1 Å². The maximum absolute atomic E-state index is 5.50. The fraction of sp³-hybridized carbons (Fsp3) is 0.0500. The van der Waals surface area contributed by atoms with Gasteiger partial charge in [-0.25, -0.2) is 9.98 Å². The van der Waals surface area contributed by atoms with Gasteiger partial charge in [-0.05, 0) is 66.8 Å². The first-order valence-corrected chi connectivity index (χ1v) is 8.50. The molecule has 0 radical (unpaired) electrons. The van der Waals surface area contributed by atoms with Crippen LogP contribution < -0.4 is 16.0 Å². The number of thiocarbonyl (C=S) groups is 1. The number of hydrogen-bond donors (Lipinski definition) is 2. The van der Waals surface area contributed by atoms with E-state index in [4.69, 9.17) is 12.2 Å². The molecule has 4 nitrogen and oxygen atoms in total. The van der Waals surface area contributed by atoms with Crippen molar-refractivity contribution in [2.75, 3.05) is 0 Å². The molecule has 120 valence electrons. The third-order valence-electron chi connectivity index (χ3n) is 4.27. The van der Waals surface area contributed by atoms with Crippen LogP contribution in [0.1, 0.15) is 0 Å². The highest BCUT2D eigenvalue weighted by Gasteiger charge is 2.19. The Labute approximate surface area is 149 Å². The molecule has 0 aromatic carbocycles. The Morgan fingerprint density at radius 1 is 0.800 bits per heavy atom. The van der Waals surface area contributed by atoms with Crippen molar-refractivity contribution in [1.29, 1.82) is 0 Å². The van der Waals surface area contributed by atoms with E-state index in [1.165, 1.54) is 0 Å². The monoisotopic (exact) mass is 342 g/mol. The Bertz CT molecular complexity index is 1130. The fourth-order valence-corrected chi connectivity index (χ4v) is 3.37. The number of H-pyrrole nitrogens is 1. The second-order valence-corrected chi connectivity index (χ2v) is 6.65. The summed E-state index contributed by atoms with van der Waals surface area (Å²) in [6, 6.07) is 4.08. The maximum atomic E-state index is 5.50. The first-order chi connectivity index (χ1) is 12.2. The molecule has 0 amide bonds. The highest BCUT2D eigenvalue weighted by Crippen LogP contribution is 2.18. The van der Waals surface area contributed by atoms with Gasteiger partial charge in [0.25, 0.3) is 0 Å². The Balaban J connectivity index is 1.67. The zero-order valence-electron chi connectivity index (χ0n) is 13.2. The Kier molecular flexibility index (Phi) is 3.15. The lowest BCUT2D eigenvalue weighted by Crippen LogP contribution is -2.25. The van der Waals surface area contributed by atoms with Gasteiger partial charge in [0.15, 0.2) is 0 Å². The molecule has 0 fully saturated rings. The van der Waals surface area contributed by atoms with E-state index in [0.29, 0.717) is 0 Å². The number of aliphatic imine (C=N–C) groups is 2. The Morgan fingerprint density at radius 2 is 1.52 bits per heavy atom. The van der Waals surface area contributed by atoms with Crippen LogP contribution in [0.3, 0.4) is 0 Å². The highest BCUT2D eigenvalue weighted by molar-refractivity contribution is 7.81. The summed E-state index contributed by atoms with van der Waals surface area (Å²) < 4.78 is 0. The lowest BCUT2D eigenvalue weighted by molar-refractivity contribution is 0.881. The molecule has 8 bridgehead atoms. The molecule has 0 spiro atoms. The molecule has 1 unspecified atom stereocenters. The number of nitrogens with one attached hydrogen (secondary N) is 2. The Morgan fingerprint density at radius 3 is 2.40 bits per heavy atom. The average molecular weight is 342 g/mol. The van der Waals surface area contributed by atoms with Gasteiger partial charge in [0.2, 0.25) is 0 Å². The highest BCUT2D eigenvalue weighted by atomic mass is 32.1. The van der Waals surface area contributed by atoms with Crippen molar-refractivity contribution >= 4 is 40.7 Å². The summed E-state index contributed by atoms with van der Waals surface area (Å²) in [5.41, 5.74) is 4.63. The van der Waals surface area contributed by atoms with Gasteiger partial charge in [-0.2, -0.15) is 0 Å². The predicted octanol–water partition coefficient (Wildman–Crippen LogP) is 1.60. The van der Waals surface area contributed by atoms with E-state index in [1.54, 1.807) is 0 Å². The topological polar surface area (TPSA) is 52.5 Å². The summed E-state index contributed by atoms with van der Waals surface area (Å²) in [6.07, 6.45) is 18.1. The first-order valence-electron chi connectivity index (χ1n) is 8.09. The van der Waals surface area contributed by atoms with Crippen LogP contribution in [0.15, 0.2) is 81.7 Å². The average Bonchev–Trinajstić information content (AvgIpc) is 3.33. The number of fused-ring (bicyclic) bond motifs is 6. The van der Waals surface area contributed by atoms with Gasteiger partial charge in [-0.15, -0.1) is 0 Å². The number of nitrogens with zero attached hydrogens (tertiary/aromatic N) is 2. The van der Waals surface area contributed by atoms with E-state index < -0.39 is 0 Å². The second-order valence-electron chi connectivity index (χ2n) is 6.18. The zero-order chi connectivity index (χ0) is 16.8. The van der Waals surface area contributed by atoms with Gasteiger partial charge in [0.1, 0.15) is 0 Å². The van der Waals surface area contributed by atoms with Crippen molar-refractivity contribution in [2.24, 2.45) is 9.98 Å². The predicted molar refractivity (Wildman–Crippen MR) is 106 cm³/mol.